The molecule has 0 radical (unpaired) electrons. The number of rotatable bonds is 4. The first-order valence-corrected chi connectivity index (χ1v) is 11.2. The summed E-state index contributed by atoms with van der Waals surface area (Å²) in [5, 5.41) is 13.7. The fourth-order valence-corrected chi connectivity index (χ4v) is 4.98. The third-order valence-electron chi connectivity index (χ3n) is 6.90. The first-order chi connectivity index (χ1) is 15.5. The summed E-state index contributed by atoms with van der Waals surface area (Å²) in [4.78, 5) is 14.5. The number of hydrogen-bond acceptors (Lipinski definition) is 4. The van der Waals surface area contributed by atoms with E-state index in [1.165, 1.54) is 23.8 Å². The molecule has 5 rings (SSSR count). The highest BCUT2D eigenvalue weighted by Crippen LogP contribution is 2.39. The Kier molecular flexibility index (Phi) is 5.18. The largest absolute Gasteiger partial charge is 0.872 e. The smallest absolute Gasteiger partial charge is 0.231 e. The van der Waals surface area contributed by atoms with Gasteiger partial charge in [-0.2, -0.15) is 0 Å². The maximum Gasteiger partial charge on any atom is 0.231 e. The zero-order valence-electron chi connectivity index (χ0n) is 18.7. The summed E-state index contributed by atoms with van der Waals surface area (Å²) in [6.45, 7) is 3.86. The SMILES string of the molecule is COc1ccc2c(c1)c(C=C1Oc3c(ccc([O-])c3C[NH+]3CCCCC3C)C1=O)cn2C. The highest BCUT2D eigenvalue weighted by molar-refractivity contribution is 6.15. The van der Waals surface area contributed by atoms with Gasteiger partial charge in [0.15, 0.2) is 5.76 Å². The summed E-state index contributed by atoms with van der Waals surface area (Å²) in [6, 6.07) is 9.47. The Labute approximate surface area is 187 Å². The second kappa shape index (κ2) is 8.02. The lowest BCUT2D eigenvalue weighted by atomic mass is 10.0. The number of aromatic nitrogens is 1. The van der Waals surface area contributed by atoms with Crippen molar-refractivity contribution in [1.29, 1.82) is 0 Å². The summed E-state index contributed by atoms with van der Waals surface area (Å²) in [6.07, 6.45) is 7.30. The third-order valence-corrected chi connectivity index (χ3v) is 6.90. The van der Waals surface area contributed by atoms with E-state index in [0.717, 1.165) is 35.2 Å². The molecule has 32 heavy (non-hydrogen) atoms. The van der Waals surface area contributed by atoms with Gasteiger partial charge in [0.2, 0.25) is 5.78 Å². The molecule has 2 atom stereocenters. The standard InChI is InChI=1S/C26H28N2O4/c1-16-6-4-5-11-28(16)15-21-23(29)10-8-19-25(30)24(32-26(19)21)12-17-14-27(2)22-9-7-18(31-3)13-20(17)22/h7-10,12-14,16,29H,4-6,11,15H2,1-3H3. The van der Waals surface area contributed by atoms with Gasteiger partial charge in [0, 0.05) is 35.3 Å². The number of carbonyl (C=O) groups excluding carboxylic acids is 1. The maximum atomic E-state index is 13.2. The average Bonchev–Trinajstić information content (AvgIpc) is 3.28. The molecule has 0 spiro atoms. The van der Waals surface area contributed by atoms with Gasteiger partial charge in [0.05, 0.1) is 25.3 Å². The van der Waals surface area contributed by atoms with Gasteiger partial charge in [-0.25, -0.2) is 0 Å². The zero-order chi connectivity index (χ0) is 22.4. The van der Waals surface area contributed by atoms with E-state index in [0.29, 0.717) is 29.5 Å². The summed E-state index contributed by atoms with van der Waals surface area (Å²) >= 11 is 0. The molecule has 1 saturated heterocycles. The topological polar surface area (TPSA) is 68.0 Å². The number of nitrogens with one attached hydrogen (secondary N) is 1. The first kappa shape index (κ1) is 20.6. The van der Waals surface area contributed by atoms with E-state index in [4.69, 9.17) is 9.47 Å². The second-order valence-corrected chi connectivity index (χ2v) is 8.92. The van der Waals surface area contributed by atoms with Crippen LogP contribution < -0.4 is 19.5 Å². The second-order valence-electron chi connectivity index (χ2n) is 8.92. The first-order valence-electron chi connectivity index (χ1n) is 11.2. The lowest BCUT2D eigenvalue weighted by molar-refractivity contribution is -0.942. The van der Waals surface area contributed by atoms with Crippen molar-refractivity contribution in [2.24, 2.45) is 7.05 Å². The predicted molar refractivity (Wildman–Crippen MR) is 121 cm³/mol. The fourth-order valence-electron chi connectivity index (χ4n) is 4.98. The van der Waals surface area contributed by atoms with E-state index >= 15 is 0 Å². The van der Waals surface area contributed by atoms with Crippen LogP contribution in [-0.2, 0) is 13.6 Å². The van der Waals surface area contributed by atoms with E-state index in [9.17, 15) is 9.90 Å². The normalized spacial score (nSPS) is 21.7. The van der Waals surface area contributed by atoms with E-state index in [1.54, 1.807) is 19.3 Å². The van der Waals surface area contributed by atoms with Gasteiger partial charge in [-0.15, -0.1) is 0 Å². The molecule has 0 bridgehead atoms. The van der Waals surface area contributed by atoms with E-state index < -0.39 is 0 Å². The Bertz CT molecular complexity index is 1240. The molecule has 0 saturated carbocycles. The number of quaternary nitrogens is 1. The summed E-state index contributed by atoms with van der Waals surface area (Å²) in [7, 11) is 3.60. The van der Waals surface area contributed by atoms with Gasteiger partial charge < -0.3 is 24.0 Å². The van der Waals surface area contributed by atoms with Crippen LogP contribution in [0.15, 0.2) is 42.3 Å². The van der Waals surface area contributed by atoms with Gasteiger partial charge in [0.25, 0.3) is 0 Å². The number of nitrogens with zero attached hydrogens (tertiary/aromatic N) is 1. The number of likely N-dealkylation sites (tertiary alicyclic amines) is 1. The van der Waals surface area contributed by atoms with Crippen molar-refractivity contribution in [3.05, 3.63) is 59.0 Å². The van der Waals surface area contributed by atoms with Crippen LogP contribution in [0.3, 0.4) is 0 Å². The van der Waals surface area contributed by atoms with Crippen molar-refractivity contribution < 1.29 is 24.3 Å². The van der Waals surface area contributed by atoms with Gasteiger partial charge in [0.1, 0.15) is 18.0 Å². The summed E-state index contributed by atoms with van der Waals surface area (Å²) in [5.41, 5.74) is 3.00. The quantitative estimate of drug-likeness (QED) is 0.644. The van der Waals surface area contributed by atoms with Crippen molar-refractivity contribution in [3.8, 4) is 17.2 Å². The highest BCUT2D eigenvalue weighted by Gasteiger charge is 2.32. The minimum absolute atomic E-state index is 0.0574. The van der Waals surface area contributed by atoms with Crippen LogP contribution in [0.1, 0.15) is 47.7 Å². The number of carbonyl (C=O) groups is 1. The van der Waals surface area contributed by atoms with E-state index in [1.807, 2.05) is 36.0 Å². The molecule has 166 valence electrons. The number of ketones is 1. The predicted octanol–water partition coefficient (Wildman–Crippen LogP) is 2.83. The highest BCUT2D eigenvalue weighted by atomic mass is 16.5. The molecular formula is C26H28N2O4. The minimum atomic E-state index is -0.178. The van der Waals surface area contributed by atoms with Crippen LogP contribution in [0.4, 0.5) is 0 Å². The summed E-state index contributed by atoms with van der Waals surface area (Å²) in [5.74, 6) is 1.21. The molecule has 1 aromatic heterocycles. The molecule has 2 aliphatic rings. The van der Waals surface area contributed by atoms with Crippen LogP contribution in [-0.4, -0.2) is 30.0 Å². The molecule has 1 N–H and O–H groups in total. The molecule has 3 aromatic rings. The molecule has 6 heteroatoms. The van der Waals surface area contributed by atoms with Crippen LogP contribution in [0.25, 0.3) is 17.0 Å². The molecule has 0 aliphatic carbocycles. The Morgan fingerprint density at radius 1 is 1.28 bits per heavy atom. The van der Waals surface area contributed by atoms with Crippen LogP contribution in [0.5, 0.6) is 17.2 Å². The number of benzene rings is 2. The van der Waals surface area contributed by atoms with Crippen LogP contribution in [0, 0.1) is 0 Å². The van der Waals surface area contributed by atoms with Crippen molar-refractivity contribution in [3.63, 3.8) is 0 Å². The molecule has 2 unspecified atom stereocenters. The Balaban J connectivity index is 1.52. The van der Waals surface area contributed by atoms with Crippen LogP contribution in [0.2, 0.25) is 0 Å². The number of hydrogen-bond donors (Lipinski definition) is 1. The Morgan fingerprint density at radius 2 is 2.12 bits per heavy atom. The maximum absolute atomic E-state index is 13.2. The minimum Gasteiger partial charge on any atom is -0.872 e. The number of allylic oxidation sites excluding steroid dienone is 1. The zero-order valence-corrected chi connectivity index (χ0v) is 18.7. The van der Waals surface area contributed by atoms with Crippen molar-refractivity contribution in [1.82, 2.24) is 4.57 Å². The number of ether oxygens (including phenoxy) is 2. The number of methoxy groups -OCH3 is 1. The molecule has 1 fully saturated rings. The monoisotopic (exact) mass is 432 g/mol. The van der Waals surface area contributed by atoms with Gasteiger partial charge in [-0.05, 0) is 56.5 Å². The lowest BCUT2D eigenvalue weighted by Gasteiger charge is -2.31. The molecular weight excluding hydrogens is 404 g/mol. The average molecular weight is 433 g/mol. The lowest BCUT2D eigenvalue weighted by Crippen LogP contribution is -3.14. The molecule has 0 amide bonds. The van der Waals surface area contributed by atoms with E-state index in [-0.39, 0.29) is 17.3 Å². The third kappa shape index (κ3) is 3.45. The molecule has 2 aliphatic heterocycles. The fraction of sp³-hybridized carbons (Fsp3) is 0.346. The Morgan fingerprint density at radius 3 is 2.91 bits per heavy atom. The van der Waals surface area contributed by atoms with Gasteiger partial charge in [-0.1, -0.05) is 11.8 Å². The number of aryl methyl sites for hydroxylation is 1. The number of piperidine rings is 1. The summed E-state index contributed by atoms with van der Waals surface area (Å²) < 4.78 is 13.5. The molecule has 2 aromatic carbocycles. The van der Waals surface area contributed by atoms with Gasteiger partial charge in [-0.3, -0.25) is 4.79 Å². The van der Waals surface area contributed by atoms with Gasteiger partial charge >= 0.3 is 0 Å². The van der Waals surface area contributed by atoms with Crippen molar-refractivity contribution in [2.45, 2.75) is 38.8 Å². The molecule has 6 nitrogen and oxygen atoms in total. The molecule has 3 heterocycles. The van der Waals surface area contributed by atoms with Crippen molar-refractivity contribution >= 4 is 22.8 Å². The number of Topliss-reactive ketones (excluding diaryl/α,β-unsaturated/α-hetero) is 1. The number of fused-ring (bicyclic) bond motifs is 2. The van der Waals surface area contributed by atoms with E-state index in [2.05, 4.69) is 6.92 Å². The van der Waals surface area contributed by atoms with Crippen LogP contribution >= 0.6 is 0 Å². The van der Waals surface area contributed by atoms with Crippen molar-refractivity contribution in [2.75, 3.05) is 13.7 Å². The Hall–Kier alpha value is -3.25.